The first-order valence-electron chi connectivity index (χ1n) is 9.31. The molecule has 8 nitrogen and oxygen atoms in total. The van der Waals surface area contributed by atoms with Gasteiger partial charge < -0.3 is 9.88 Å². The van der Waals surface area contributed by atoms with Crippen molar-refractivity contribution in [3.8, 4) is 0 Å². The number of nitro benzene ring substituents is 1. The van der Waals surface area contributed by atoms with Crippen LogP contribution in [0, 0.1) is 16.0 Å². The summed E-state index contributed by atoms with van der Waals surface area (Å²) in [5.74, 6) is 0.537. The van der Waals surface area contributed by atoms with E-state index in [9.17, 15) is 14.9 Å². The minimum Gasteiger partial charge on any atom is -0.371 e. The first-order chi connectivity index (χ1) is 13.5. The summed E-state index contributed by atoms with van der Waals surface area (Å²) in [5.41, 5.74) is 2.43. The van der Waals surface area contributed by atoms with Gasteiger partial charge >= 0.3 is 0 Å². The van der Waals surface area contributed by atoms with E-state index < -0.39 is 10.8 Å². The molecule has 1 amide bonds. The lowest BCUT2D eigenvalue weighted by Crippen LogP contribution is -2.34. The maximum Gasteiger partial charge on any atom is 0.270 e. The normalized spacial score (nSPS) is 15.0. The highest BCUT2D eigenvalue weighted by molar-refractivity contribution is 6.08. The van der Waals surface area contributed by atoms with Crippen LogP contribution in [-0.4, -0.2) is 33.9 Å². The summed E-state index contributed by atoms with van der Waals surface area (Å²) >= 11 is 0. The third-order valence-electron chi connectivity index (χ3n) is 5.18. The largest absolute Gasteiger partial charge is 0.371 e. The molecule has 0 aliphatic carbocycles. The van der Waals surface area contributed by atoms with Crippen LogP contribution in [0.25, 0.3) is 11.0 Å². The number of non-ortho nitro benzene ring substituents is 1. The summed E-state index contributed by atoms with van der Waals surface area (Å²) in [6.45, 7) is 3.86. The molecule has 0 atom stereocenters. The van der Waals surface area contributed by atoms with Crippen molar-refractivity contribution in [3.05, 3.63) is 58.1 Å². The van der Waals surface area contributed by atoms with Crippen molar-refractivity contribution >= 4 is 34.3 Å². The Hall–Kier alpha value is -3.42. The zero-order valence-electron chi connectivity index (χ0n) is 15.5. The number of hydrogen-bond acceptors (Lipinski definition) is 5. The van der Waals surface area contributed by atoms with Gasteiger partial charge in [-0.3, -0.25) is 20.2 Å². The molecule has 2 aromatic carbocycles. The van der Waals surface area contributed by atoms with Gasteiger partial charge in [0.05, 0.1) is 27.2 Å². The second-order valence-electron chi connectivity index (χ2n) is 7.18. The van der Waals surface area contributed by atoms with Gasteiger partial charge in [0.2, 0.25) is 5.95 Å². The Morgan fingerprint density at radius 3 is 2.71 bits per heavy atom. The summed E-state index contributed by atoms with van der Waals surface area (Å²) in [7, 11) is 0. The SMILES string of the molecule is CC1CCN(c2ccc([N+](=O)[O-])cc2C(=O)Nc2nc3ccccc3[nH]2)CC1. The van der Waals surface area contributed by atoms with Crippen molar-refractivity contribution in [2.45, 2.75) is 19.8 Å². The van der Waals surface area contributed by atoms with Crippen molar-refractivity contribution in [1.82, 2.24) is 9.97 Å². The summed E-state index contributed by atoms with van der Waals surface area (Å²) in [4.78, 5) is 33.2. The fraction of sp³-hybridized carbons (Fsp3) is 0.300. The van der Waals surface area contributed by atoms with Gasteiger partial charge in [0.25, 0.3) is 11.6 Å². The quantitative estimate of drug-likeness (QED) is 0.527. The van der Waals surface area contributed by atoms with Gasteiger partial charge in [-0.15, -0.1) is 0 Å². The summed E-state index contributed by atoms with van der Waals surface area (Å²) in [6, 6.07) is 11.9. The average molecular weight is 379 g/mol. The number of fused-ring (bicyclic) bond motifs is 1. The lowest BCUT2D eigenvalue weighted by molar-refractivity contribution is -0.384. The fourth-order valence-corrected chi connectivity index (χ4v) is 3.53. The van der Waals surface area contributed by atoms with E-state index in [2.05, 4.69) is 27.1 Å². The third-order valence-corrected chi connectivity index (χ3v) is 5.18. The number of carbonyl (C=O) groups is 1. The lowest BCUT2D eigenvalue weighted by atomic mass is 9.98. The van der Waals surface area contributed by atoms with Crippen molar-refractivity contribution in [2.75, 3.05) is 23.3 Å². The van der Waals surface area contributed by atoms with Crippen LogP contribution in [0.5, 0.6) is 0 Å². The smallest absolute Gasteiger partial charge is 0.270 e. The zero-order valence-corrected chi connectivity index (χ0v) is 15.5. The first kappa shape index (κ1) is 18.0. The van der Waals surface area contributed by atoms with Gasteiger partial charge in [0.1, 0.15) is 0 Å². The van der Waals surface area contributed by atoms with Crippen LogP contribution in [0.15, 0.2) is 42.5 Å². The van der Waals surface area contributed by atoms with Crippen molar-refractivity contribution in [1.29, 1.82) is 0 Å². The second-order valence-corrected chi connectivity index (χ2v) is 7.18. The number of para-hydroxylation sites is 2. The highest BCUT2D eigenvalue weighted by Gasteiger charge is 2.24. The van der Waals surface area contributed by atoms with E-state index in [1.54, 1.807) is 6.07 Å². The summed E-state index contributed by atoms with van der Waals surface area (Å²) < 4.78 is 0. The Balaban J connectivity index is 1.66. The van der Waals surface area contributed by atoms with E-state index >= 15 is 0 Å². The van der Waals surface area contributed by atoms with Crippen LogP contribution >= 0.6 is 0 Å². The van der Waals surface area contributed by atoms with E-state index in [0.717, 1.165) is 37.0 Å². The molecule has 1 aliphatic heterocycles. The molecular weight excluding hydrogens is 358 g/mol. The molecule has 1 fully saturated rings. The van der Waals surface area contributed by atoms with Crippen LogP contribution in [0.1, 0.15) is 30.1 Å². The fourth-order valence-electron chi connectivity index (χ4n) is 3.53. The van der Waals surface area contributed by atoms with E-state index in [0.29, 0.717) is 17.6 Å². The highest BCUT2D eigenvalue weighted by atomic mass is 16.6. The molecule has 1 aromatic heterocycles. The first-order valence-corrected chi connectivity index (χ1v) is 9.31. The number of nitrogens with one attached hydrogen (secondary N) is 2. The number of carbonyl (C=O) groups excluding carboxylic acids is 1. The van der Waals surface area contributed by atoms with Gasteiger partial charge in [0.15, 0.2) is 0 Å². The zero-order chi connectivity index (χ0) is 19.7. The molecular formula is C20H21N5O3. The van der Waals surface area contributed by atoms with Crippen LogP contribution in [-0.2, 0) is 0 Å². The van der Waals surface area contributed by atoms with Gasteiger partial charge in [-0.25, -0.2) is 4.98 Å². The van der Waals surface area contributed by atoms with Crippen LogP contribution < -0.4 is 10.2 Å². The number of nitrogens with zero attached hydrogens (tertiary/aromatic N) is 3. The Bertz CT molecular complexity index is 1000. The molecule has 0 radical (unpaired) electrons. The van der Waals surface area contributed by atoms with E-state index in [1.165, 1.54) is 12.1 Å². The van der Waals surface area contributed by atoms with Gasteiger partial charge in [-0.05, 0) is 37.0 Å². The molecule has 3 aromatic rings. The van der Waals surface area contributed by atoms with E-state index in [-0.39, 0.29) is 11.3 Å². The summed E-state index contributed by atoms with van der Waals surface area (Å²) in [5, 5.41) is 14.0. The van der Waals surface area contributed by atoms with Gasteiger partial charge in [0, 0.05) is 25.2 Å². The maximum absolute atomic E-state index is 13.0. The number of rotatable bonds is 4. The monoisotopic (exact) mass is 379 g/mol. The molecule has 28 heavy (non-hydrogen) atoms. The maximum atomic E-state index is 13.0. The van der Waals surface area contributed by atoms with Crippen molar-refractivity contribution in [2.24, 2.45) is 5.92 Å². The molecule has 0 saturated carbocycles. The molecule has 2 heterocycles. The predicted octanol–water partition coefficient (Wildman–Crippen LogP) is 3.96. The average Bonchev–Trinajstić information content (AvgIpc) is 3.10. The number of anilines is 2. The van der Waals surface area contributed by atoms with Crippen molar-refractivity contribution < 1.29 is 9.72 Å². The number of aromatic amines is 1. The molecule has 2 N–H and O–H groups in total. The number of nitro groups is 1. The number of piperidine rings is 1. The number of H-pyrrole nitrogens is 1. The molecule has 0 bridgehead atoms. The van der Waals surface area contributed by atoms with Crippen LogP contribution in [0.3, 0.4) is 0 Å². The minimum absolute atomic E-state index is 0.108. The Labute approximate surface area is 161 Å². The van der Waals surface area contributed by atoms with Crippen molar-refractivity contribution in [3.63, 3.8) is 0 Å². The lowest BCUT2D eigenvalue weighted by Gasteiger charge is -2.33. The Kier molecular flexibility index (Phi) is 4.68. The summed E-state index contributed by atoms with van der Waals surface area (Å²) in [6.07, 6.45) is 2.06. The standard InChI is InChI=1S/C20H21N5O3/c1-13-8-10-24(11-9-13)18-7-6-14(25(27)28)12-15(18)19(26)23-20-21-16-4-2-3-5-17(16)22-20/h2-7,12-13H,8-11H2,1H3,(H2,21,22,23,26). The molecule has 144 valence electrons. The predicted molar refractivity (Wildman–Crippen MR) is 108 cm³/mol. The number of amides is 1. The topological polar surface area (TPSA) is 104 Å². The molecule has 8 heteroatoms. The number of hydrogen-bond donors (Lipinski definition) is 2. The second kappa shape index (κ2) is 7.30. The molecule has 4 rings (SSSR count). The third kappa shape index (κ3) is 3.53. The minimum atomic E-state index is -0.486. The Morgan fingerprint density at radius 1 is 1.25 bits per heavy atom. The molecule has 1 saturated heterocycles. The molecule has 1 aliphatic rings. The van der Waals surface area contributed by atoms with E-state index in [4.69, 9.17) is 0 Å². The van der Waals surface area contributed by atoms with Gasteiger partial charge in [-0.1, -0.05) is 19.1 Å². The molecule has 0 spiro atoms. The Morgan fingerprint density at radius 2 is 2.00 bits per heavy atom. The number of imidazole rings is 1. The van der Waals surface area contributed by atoms with Crippen LogP contribution in [0.4, 0.5) is 17.3 Å². The van der Waals surface area contributed by atoms with E-state index in [1.807, 2.05) is 24.3 Å². The highest BCUT2D eigenvalue weighted by Crippen LogP contribution is 2.30. The number of benzene rings is 2. The van der Waals surface area contributed by atoms with Crippen LogP contribution in [0.2, 0.25) is 0 Å². The number of aromatic nitrogens is 2. The van der Waals surface area contributed by atoms with Gasteiger partial charge in [-0.2, -0.15) is 0 Å². The molecule has 0 unspecified atom stereocenters.